The minimum absolute atomic E-state index is 0.323. The fourth-order valence-corrected chi connectivity index (χ4v) is 3.67. The minimum atomic E-state index is -3.18. The van der Waals surface area contributed by atoms with E-state index in [2.05, 4.69) is 27.5 Å². The molecular formula is C15H16N2O2S2. The second-order valence-electron chi connectivity index (χ2n) is 5.07. The maximum Gasteiger partial charge on any atom is 0.175 e. The van der Waals surface area contributed by atoms with Gasteiger partial charge in [-0.05, 0) is 42.5 Å². The molecule has 2 aromatic heterocycles. The summed E-state index contributed by atoms with van der Waals surface area (Å²) in [7, 11) is -3.18. The van der Waals surface area contributed by atoms with Gasteiger partial charge in [0.05, 0.1) is 15.9 Å². The zero-order valence-electron chi connectivity index (χ0n) is 11.7. The van der Waals surface area contributed by atoms with Crippen LogP contribution in [0.4, 0.5) is 0 Å². The number of rotatable bonds is 5. The van der Waals surface area contributed by atoms with E-state index in [0.717, 1.165) is 36.1 Å². The summed E-state index contributed by atoms with van der Waals surface area (Å²) >= 11 is 1.77. The fourth-order valence-electron chi connectivity index (χ4n) is 2.28. The average molecular weight is 320 g/mol. The van der Waals surface area contributed by atoms with Gasteiger partial charge in [-0.3, -0.25) is 0 Å². The maximum absolute atomic E-state index is 11.6. The molecule has 0 unspecified atom stereocenters. The number of aromatic nitrogens is 2. The van der Waals surface area contributed by atoms with Gasteiger partial charge in [-0.2, -0.15) is 0 Å². The SMILES string of the molecule is CS(=O)(=O)c1ccc2nc(CCCc3cccs3)[nH]c2c1. The molecule has 1 N–H and O–H groups in total. The van der Waals surface area contributed by atoms with Crippen molar-refractivity contribution in [1.82, 2.24) is 9.97 Å². The number of nitrogens with zero attached hydrogens (tertiary/aromatic N) is 1. The summed E-state index contributed by atoms with van der Waals surface area (Å²) in [6.07, 6.45) is 4.15. The van der Waals surface area contributed by atoms with Gasteiger partial charge in [-0.25, -0.2) is 13.4 Å². The van der Waals surface area contributed by atoms with Crippen LogP contribution in [0.1, 0.15) is 17.1 Å². The summed E-state index contributed by atoms with van der Waals surface area (Å²) in [4.78, 5) is 9.43. The fraction of sp³-hybridized carbons (Fsp3) is 0.267. The molecule has 2 heterocycles. The van der Waals surface area contributed by atoms with Crippen LogP contribution in [0.5, 0.6) is 0 Å². The first-order valence-electron chi connectivity index (χ1n) is 6.73. The third-order valence-corrected chi connectivity index (χ3v) is 5.39. The molecule has 0 aliphatic carbocycles. The lowest BCUT2D eigenvalue weighted by Gasteiger charge is -1.96. The molecular weight excluding hydrogens is 304 g/mol. The van der Waals surface area contributed by atoms with Crippen molar-refractivity contribution in [2.75, 3.05) is 6.26 Å². The van der Waals surface area contributed by atoms with E-state index in [0.29, 0.717) is 4.90 Å². The van der Waals surface area contributed by atoms with Crippen LogP contribution >= 0.6 is 11.3 Å². The van der Waals surface area contributed by atoms with E-state index >= 15 is 0 Å². The van der Waals surface area contributed by atoms with E-state index in [4.69, 9.17) is 0 Å². The zero-order valence-corrected chi connectivity index (χ0v) is 13.3. The van der Waals surface area contributed by atoms with Crippen LogP contribution in [-0.4, -0.2) is 24.6 Å². The van der Waals surface area contributed by atoms with Gasteiger partial charge in [-0.1, -0.05) is 6.07 Å². The normalized spacial score (nSPS) is 12.0. The number of imidazole rings is 1. The highest BCUT2D eigenvalue weighted by atomic mass is 32.2. The van der Waals surface area contributed by atoms with Crippen molar-refractivity contribution in [3.05, 3.63) is 46.4 Å². The highest BCUT2D eigenvalue weighted by Gasteiger charge is 2.10. The number of hydrogen-bond donors (Lipinski definition) is 1. The number of aryl methyl sites for hydroxylation is 2. The van der Waals surface area contributed by atoms with E-state index in [9.17, 15) is 8.42 Å². The Morgan fingerprint density at radius 3 is 2.81 bits per heavy atom. The van der Waals surface area contributed by atoms with Gasteiger partial charge in [0.15, 0.2) is 9.84 Å². The van der Waals surface area contributed by atoms with E-state index in [1.165, 1.54) is 11.1 Å². The summed E-state index contributed by atoms with van der Waals surface area (Å²) in [5, 5.41) is 2.09. The van der Waals surface area contributed by atoms with Crippen molar-refractivity contribution in [1.29, 1.82) is 0 Å². The van der Waals surface area contributed by atoms with Gasteiger partial charge in [-0.15, -0.1) is 11.3 Å². The molecule has 21 heavy (non-hydrogen) atoms. The molecule has 1 aromatic carbocycles. The molecule has 0 spiro atoms. The lowest BCUT2D eigenvalue weighted by Crippen LogP contribution is -1.96. The van der Waals surface area contributed by atoms with Crippen molar-refractivity contribution in [3.8, 4) is 0 Å². The molecule has 0 bridgehead atoms. The third-order valence-electron chi connectivity index (χ3n) is 3.35. The molecule has 3 aromatic rings. The Morgan fingerprint density at radius 1 is 1.24 bits per heavy atom. The van der Waals surface area contributed by atoms with E-state index in [-0.39, 0.29) is 0 Å². The first-order chi connectivity index (χ1) is 10.0. The summed E-state index contributed by atoms with van der Waals surface area (Å²) in [5.41, 5.74) is 1.59. The van der Waals surface area contributed by atoms with Crippen molar-refractivity contribution in [2.45, 2.75) is 24.2 Å². The van der Waals surface area contributed by atoms with Gasteiger partial charge in [0.1, 0.15) is 5.82 Å². The second-order valence-corrected chi connectivity index (χ2v) is 8.12. The summed E-state index contributed by atoms with van der Waals surface area (Å²) in [6.45, 7) is 0. The van der Waals surface area contributed by atoms with E-state index < -0.39 is 9.84 Å². The lowest BCUT2D eigenvalue weighted by molar-refractivity contribution is 0.602. The Hall–Kier alpha value is -1.66. The van der Waals surface area contributed by atoms with Crippen LogP contribution in [0.15, 0.2) is 40.6 Å². The Labute approximate surface area is 127 Å². The van der Waals surface area contributed by atoms with Gasteiger partial charge < -0.3 is 4.98 Å². The summed E-state index contributed by atoms with van der Waals surface area (Å²) < 4.78 is 23.1. The molecule has 0 aliphatic rings. The topological polar surface area (TPSA) is 62.8 Å². The predicted molar refractivity (Wildman–Crippen MR) is 85.5 cm³/mol. The van der Waals surface area contributed by atoms with Crippen LogP contribution in [-0.2, 0) is 22.7 Å². The van der Waals surface area contributed by atoms with Crippen LogP contribution in [0, 0.1) is 0 Å². The van der Waals surface area contributed by atoms with Crippen molar-refractivity contribution in [3.63, 3.8) is 0 Å². The Kier molecular flexibility index (Phi) is 3.82. The Balaban J connectivity index is 1.75. The summed E-state index contributed by atoms with van der Waals surface area (Å²) in [5.74, 6) is 0.909. The van der Waals surface area contributed by atoms with Gasteiger partial charge >= 0.3 is 0 Å². The van der Waals surface area contributed by atoms with Gasteiger partial charge in [0, 0.05) is 17.6 Å². The highest BCUT2D eigenvalue weighted by Crippen LogP contribution is 2.18. The number of benzene rings is 1. The monoisotopic (exact) mass is 320 g/mol. The number of sulfone groups is 1. The molecule has 0 atom stereocenters. The standard InChI is InChI=1S/C15H16N2O2S2/c1-21(18,19)12-7-8-13-14(10-12)17-15(16-13)6-2-4-11-5-3-9-20-11/h3,5,7-10H,2,4,6H2,1H3,(H,16,17). The summed E-state index contributed by atoms with van der Waals surface area (Å²) in [6, 6.07) is 9.22. The molecule has 0 radical (unpaired) electrons. The molecule has 0 saturated carbocycles. The number of H-pyrrole nitrogens is 1. The first kappa shape index (κ1) is 14.3. The number of hydrogen-bond acceptors (Lipinski definition) is 4. The zero-order chi connectivity index (χ0) is 14.9. The quantitative estimate of drug-likeness (QED) is 0.785. The number of thiophene rings is 1. The third kappa shape index (κ3) is 3.33. The lowest BCUT2D eigenvalue weighted by atomic mass is 10.2. The number of aromatic amines is 1. The van der Waals surface area contributed by atoms with Crippen LogP contribution < -0.4 is 0 Å². The minimum Gasteiger partial charge on any atom is -0.342 e. The molecule has 0 amide bonds. The van der Waals surface area contributed by atoms with Crippen LogP contribution in [0.2, 0.25) is 0 Å². The number of fused-ring (bicyclic) bond motifs is 1. The highest BCUT2D eigenvalue weighted by molar-refractivity contribution is 7.90. The van der Waals surface area contributed by atoms with E-state index in [1.807, 2.05) is 0 Å². The molecule has 0 fully saturated rings. The van der Waals surface area contributed by atoms with Gasteiger partial charge in [0.2, 0.25) is 0 Å². The van der Waals surface area contributed by atoms with Crippen molar-refractivity contribution < 1.29 is 8.42 Å². The molecule has 0 saturated heterocycles. The molecule has 4 nitrogen and oxygen atoms in total. The van der Waals surface area contributed by atoms with Crippen molar-refractivity contribution >= 4 is 32.2 Å². The number of nitrogens with one attached hydrogen (secondary N) is 1. The molecule has 110 valence electrons. The average Bonchev–Trinajstić information content (AvgIpc) is 3.05. The van der Waals surface area contributed by atoms with Crippen LogP contribution in [0.25, 0.3) is 11.0 Å². The van der Waals surface area contributed by atoms with Crippen LogP contribution in [0.3, 0.4) is 0 Å². The van der Waals surface area contributed by atoms with Gasteiger partial charge in [0.25, 0.3) is 0 Å². The first-order valence-corrected chi connectivity index (χ1v) is 9.50. The van der Waals surface area contributed by atoms with E-state index in [1.54, 1.807) is 29.5 Å². The Bertz CT molecular complexity index is 849. The largest absolute Gasteiger partial charge is 0.342 e. The smallest absolute Gasteiger partial charge is 0.175 e. The molecule has 3 rings (SSSR count). The predicted octanol–water partition coefficient (Wildman–Crippen LogP) is 3.20. The molecule has 6 heteroatoms. The Morgan fingerprint density at radius 2 is 2.10 bits per heavy atom. The molecule has 0 aliphatic heterocycles. The van der Waals surface area contributed by atoms with Crippen molar-refractivity contribution in [2.24, 2.45) is 0 Å². The maximum atomic E-state index is 11.6. The second kappa shape index (κ2) is 5.61.